The molecule has 5 rings (SSSR count). The highest BCUT2D eigenvalue weighted by Crippen LogP contribution is 2.26. The maximum Gasteiger partial charge on any atom is 0.287 e. The van der Waals surface area contributed by atoms with Gasteiger partial charge < -0.3 is 34.9 Å². The molecule has 2 aromatic carbocycles. The number of carbonyl (C=O) groups is 3. The predicted octanol–water partition coefficient (Wildman–Crippen LogP) is 3.22. The molecule has 1 saturated heterocycles. The van der Waals surface area contributed by atoms with Crippen LogP contribution < -0.4 is 20.7 Å². The van der Waals surface area contributed by atoms with Gasteiger partial charge in [-0.3, -0.25) is 19.4 Å². The third-order valence-corrected chi connectivity index (χ3v) is 7.21. The summed E-state index contributed by atoms with van der Waals surface area (Å²) in [6, 6.07) is 16.6. The highest BCUT2D eigenvalue weighted by atomic mass is 16.5. The van der Waals surface area contributed by atoms with E-state index in [1.165, 1.54) is 18.6 Å². The van der Waals surface area contributed by atoms with Crippen molar-refractivity contribution in [2.45, 2.75) is 12.5 Å². The molecule has 3 N–H and O–H groups in total. The maximum atomic E-state index is 13.7. The number of amides is 3. The zero-order valence-corrected chi connectivity index (χ0v) is 25.4. The lowest BCUT2D eigenvalue weighted by molar-refractivity contribution is -0.134. The van der Waals surface area contributed by atoms with Gasteiger partial charge in [-0.1, -0.05) is 24.3 Å². The van der Waals surface area contributed by atoms with E-state index in [1.54, 1.807) is 53.4 Å². The number of hydrogen-bond donors (Lipinski definition) is 3. The van der Waals surface area contributed by atoms with E-state index in [0.717, 1.165) is 13.0 Å². The van der Waals surface area contributed by atoms with Crippen molar-refractivity contribution in [2.24, 2.45) is 0 Å². The van der Waals surface area contributed by atoms with Crippen molar-refractivity contribution in [3.63, 3.8) is 0 Å². The van der Waals surface area contributed by atoms with Crippen molar-refractivity contribution in [2.75, 3.05) is 58.7 Å². The van der Waals surface area contributed by atoms with Crippen LogP contribution in [0.15, 0.2) is 83.7 Å². The summed E-state index contributed by atoms with van der Waals surface area (Å²) in [5.41, 5.74) is 2.01. The number of nitrogens with one attached hydrogen (secondary N) is 3. The van der Waals surface area contributed by atoms with E-state index in [1.807, 2.05) is 26.2 Å². The Morgan fingerprint density at radius 3 is 2.56 bits per heavy atom. The third kappa shape index (κ3) is 8.52. The molecule has 234 valence electrons. The number of ether oxygens (including phenoxy) is 1. The Morgan fingerprint density at radius 2 is 1.82 bits per heavy atom. The Balaban J connectivity index is 1.29. The molecule has 0 bridgehead atoms. The molecule has 45 heavy (non-hydrogen) atoms. The minimum Gasteiger partial charge on any atom is -0.494 e. The Kier molecular flexibility index (Phi) is 10.5. The molecule has 1 atom stereocenters. The summed E-state index contributed by atoms with van der Waals surface area (Å²) in [6.07, 6.45) is 5.21. The van der Waals surface area contributed by atoms with Crippen LogP contribution in [0.4, 0.5) is 5.69 Å². The molecule has 0 aliphatic carbocycles. The number of aromatic nitrogens is 2. The number of rotatable bonds is 12. The standard InChI is InChI=1S/C33H37N7O5/c1-39(2)17-4-20-44-26-9-7-23(8-10-26)30(33(43)40-18-15-34-16-19-40)38-32(42)29-12-11-28(45-29)24-5-3-6-25(21-24)37-31(41)27-22-35-13-14-36-27/h3,5-14,21-22,30,34H,4,15-20H2,1-2H3,(H,37,41)(H,38,42). The average Bonchev–Trinajstić information content (AvgIpc) is 3.57. The van der Waals surface area contributed by atoms with Crippen LogP contribution >= 0.6 is 0 Å². The first-order chi connectivity index (χ1) is 21.9. The number of nitrogens with zero attached hydrogens (tertiary/aromatic N) is 4. The topological polar surface area (TPSA) is 142 Å². The van der Waals surface area contributed by atoms with Gasteiger partial charge in [0.25, 0.3) is 11.8 Å². The monoisotopic (exact) mass is 611 g/mol. The average molecular weight is 612 g/mol. The van der Waals surface area contributed by atoms with E-state index in [0.29, 0.717) is 61.1 Å². The van der Waals surface area contributed by atoms with Crippen molar-refractivity contribution < 1.29 is 23.5 Å². The smallest absolute Gasteiger partial charge is 0.287 e. The molecule has 1 unspecified atom stereocenters. The summed E-state index contributed by atoms with van der Waals surface area (Å²) in [7, 11) is 4.04. The molecule has 1 aliphatic heterocycles. The molecule has 12 nitrogen and oxygen atoms in total. The second kappa shape index (κ2) is 15.1. The first-order valence-corrected chi connectivity index (χ1v) is 14.8. The van der Waals surface area contributed by atoms with Crippen LogP contribution in [0, 0.1) is 0 Å². The van der Waals surface area contributed by atoms with E-state index < -0.39 is 17.9 Å². The molecular weight excluding hydrogens is 574 g/mol. The van der Waals surface area contributed by atoms with Gasteiger partial charge in [-0.05, 0) is 62.5 Å². The van der Waals surface area contributed by atoms with Gasteiger partial charge in [0, 0.05) is 56.4 Å². The summed E-state index contributed by atoms with van der Waals surface area (Å²) >= 11 is 0. The minimum absolute atomic E-state index is 0.0537. The zero-order chi connectivity index (χ0) is 31.6. The van der Waals surface area contributed by atoms with Crippen LogP contribution in [-0.2, 0) is 4.79 Å². The largest absolute Gasteiger partial charge is 0.494 e. The molecule has 12 heteroatoms. The van der Waals surface area contributed by atoms with E-state index in [4.69, 9.17) is 9.15 Å². The van der Waals surface area contributed by atoms with E-state index in [-0.39, 0.29) is 17.4 Å². The Labute approximate surface area is 261 Å². The van der Waals surface area contributed by atoms with Crippen LogP contribution in [-0.4, -0.2) is 90.9 Å². The summed E-state index contributed by atoms with van der Waals surface area (Å²) in [5, 5.41) is 8.93. The van der Waals surface area contributed by atoms with Crippen molar-refractivity contribution >= 4 is 23.4 Å². The van der Waals surface area contributed by atoms with E-state index >= 15 is 0 Å². The van der Waals surface area contributed by atoms with Gasteiger partial charge in [-0.25, -0.2) is 4.98 Å². The lowest BCUT2D eigenvalue weighted by atomic mass is 10.0. The predicted molar refractivity (Wildman–Crippen MR) is 169 cm³/mol. The molecule has 3 amide bonds. The summed E-state index contributed by atoms with van der Waals surface area (Å²) in [5.74, 6) is 0.0648. The molecule has 1 fully saturated rings. The van der Waals surface area contributed by atoms with Crippen LogP contribution in [0.5, 0.6) is 5.75 Å². The normalized spacial score (nSPS) is 13.7. The van der Waals surface area contributed by atoms with Crippen LogP contribution in [0.2, 0.25) is 0 Å². The van der Waals surface area contributed by atoms with Gasteiger partial charge >= 0.3 is 0 Å². The third-order valence-electron chi connectivity index (χ3n) is 7.21. The van der Waals surface area contributed by atoms with E-state index in [9.17, 15) is 14.4 Å². The summed E-state index contributed by atoms with van der Waals surface area (Å²) in [4.78, 5) is 51.4. The molecule has 1 aliphatic rings. The van der Waals surface area contributed by atoms with Crippen molar-refractivity contribution in [3.8, 4) is 17.1 Å². The molecule has 0 spiro atoms. The summed E-state index contributed by atoms with van der Waals surface area (Å²) < 4.78 is 11.8. The summed E-state index contributed by atoms with van der Waals surface area (Å²) in [6.45, 7) is 3.97. The highest BCUT2D eigenvalue weighted by molar-refractivity contribution is 6.03. The van der Waals surface area contributed by atoms with Gasteiger partial charge in [-0.2, -0.15) is 0 Å². The molecular formula is C33H37N7O5. The number of carbonyl (C=O) groups excluding carboxylic acids is 3. The first kappa shape index (κ1) is 31.4. The lowest BCUT2D eigenvalue weighted by Gasteiger charge is -2.31. The van der Waals surface area contributed by atoms with Gasteiger partial charge in [0.2, 0.25) is 5.91 Å². The van der Waals surface area contributed by atoms with Gasteiger partial charge in [-0.15, -0.1) is 0 Å². The minimum atomic E-state index is -0.911. The fourth-order valence-corrected chi connectivity index (χ4v) is 4.86. The molecule has 3 heterocycles. The number of benzene rings is 2. The lowest BCUT2D eigenvalue weighted by Crippen LogP contribution is -2.50. The Bertz CT molecular complexity index is 1580. The van der Waals surface area contributed by atoms with Crippen molar-refractivity contribution in [3.05, 3.63) is 96.3 Å². The van der Waals surface area contributed by atoms with E-state index in [2.05, 4.69) is 30.8 Å². The quantitative estimate of drug-likeness (QED) is 0.206. The van der Waals surface area contributed by atoms with Crippen LogP contribution in [0.3, 0.4) is 0 Å². The SMILES string of the molecule is CN(C)CCCOc1ccc(C(NC(=O)c2ccc(-c3cccc(NC(=O)c4cnccn4)c3)o2)C(=O)N2CCNCC2)cc1. The van der Waals surface area contributed by atoms with Gasteiger partial charge in [0.1, 0.15) is 23.2 Å². The number of hydrogen-bond acceptors (Lipinski definition) is 9. The Morgan fingerprint density at radius 1 is 1.02 bits per heavy atom. The van der Waals surface area contributed by atoms with Crippen molar-refractivity contribution in [1.29, 1.82) is 0 Å². The molecule has 4 aromatic rings. The number of furan rings is 1. The van der Waals surface area contributed by atoms with Crippen LogP contribution in [0.25, 0.3) is 11.3 Å². The fraction of sp³-hybridized carbons (Fsp3) is 0.303. The number of piperazine rings is 1. The fourth-order valence-electron chi connectivity index (χ4n) is 4.86. The van der Waals surface area contributed by atoms with Gasteiger partial charge in [0.15, 0.2) is 5.76 Å². The number of anilines is 1. The second-order valence-electron chi connectivity index (χ2n) is 10.8. The highest BCUT2D eigenvalue weighted by Gasteiger charge is 2.29. The molecule has 0 radical (unpaired) electrons. The Hall–Kier alpha value is -5.07. The second-order valence-corrected chi connectivity index (χ2v) is 10.8. The van der Waals surface area contributed by atoms with Gasteiger partial charge in [0.05, 0.1) is 12.8 Å². The van der Waals surface area contributed by atoms with Crippen LogP contribution in [0.1, 0.15) is 39.1 Å². The first-order valence-electron chi connectivity index (χ1n) is 14.8. The van der Waals surface area contributed by atoms with Crippen molar-refractivity contribution in [1.82, 2.24) is 30.4 Å². The molecule has 0 saturated carbocycles. The maximum absolute atomic E-state index is 13.7. The zero-order valence-electron chi connectivity index (χ0n) is 25.4. The molecule has 2 aromatic heterocycles.